The molecule has 1 saturated heterocycles. The molecule has 2 heterocycles. The van der Waals surface area contributed by atoms with E-state index in [0.29, 0.717) is 19.0 Å². The third-order valence-corrected chi connectivity index (χ3v) is 5.95. The van der Waals surface area contributed by atoms with Gasteiger partial charge in [-0.15, -0.1) is 0 Å². The summed E-state index contributed by atoms with van der Waals surface area (Å²) in [5, 5.41) is 2.55. The van der Waals surface area contributed by atoms with Gasteiger partial charge in [-0.3, -0.25) is 4.79 Å². The number of nitrogens with one attached hydrogen (secondary N) is 1. The molecule has 28 heavy (non-hydrogen) atoms. The lowest BCUT2D eigenvalue weighted by Gasteiger charge is -2.26. The zero-order chi connectivity index (χ0) is 20.0. The Kier molecular flexibility index (Phi) is 6.45. The fraction of sp³-hybridized carbons (Fsp3) is 0.333. The number of benzene rings is 1. The minimum absolute atomic E-state index is 0.00822. The van der Waals surface area contributed by atoms with Gasteiger partial charge in [0.05, 0.1) is 36.5 Å². The number of carbonyl (C=O) groups excluding carboxylic acids is 2. The topological polar surface area (TPSA) is 115 Å². The van der Waals surface area contributed by atoms with Crippen molar-refractivity contribution in [3.05, 3.63) is 54.0 Å². The fourth-order valence-electron chi connectivity index (χ4n) is 2.58. The van der Waals surface area contributed by atoms with E-state index in [-0.39, 0.29) is 30.1 Å². The standard InChI is InChI=1S/C18H20N2O7S/c21-17(19-12-15-4-2-8-26-15)13-27-18(22)14-3-1-5-16(11-14)28(23,24)20-6-9-25-10-7-20/h1-5,8,11H,6-7,9-10,12-13H2,(H,19,21). The first kappa shape index (κ1) is 20.1. The molecule has 1 aromatic heterocycles. The summed E-state index contributed by atoms with van der Waals surface area (Å²) in [4.78, 5) is 23.9. The Bertz CT molecular complexity index is 919. The fourth-order valence-corrected chi connectivity index (χ4v) is 4.04. The molecule has 1 N–H and O–H groups in total. The number of carbonyl (C=O) groups is 2. The van der Waals surface area contributed by atoms with Crippen molar-refractivity contribution in [2.24, 2.45) is 0 Å². The van der Waals surface area contributed by atoms with Crippen molar-refractivity contribution in [3.8, 4) is 0 Å². The Morgan fingerprint density at radius 3 is 2.64 bits per heavy atom. The second-order valence-corrected chi connectivity index (χ2v) is 7.91. The van der Waals surface area contributed by atoms with Gasteiger partial charge in [0.25, 0.3) is 5.91 Å². The highest BCUT2D eigenvalue weighted by atomic mass is 32.2. The van der Waals surface area contributed by atoms with Crippen molar-refractivity contribution in [2.75, 3.05) is 32.9 Å². The molecule has 0 atom stereocenters. The van der Waals surface area contributed by atoms with Crippen LogP contribution in [-0.4, -0.2) is 57.5 Å². The number of furan rings is 1. The molecular weight excluding hydrogens is 388 g/mol. The molecule has 1 aliphatic heterocycles. The second kappa shape index (κ2) is 9.00. The van der Waals surface area contributed by atoms with Crippen LogP contribution in [-0.2, 0) is 30.8 Å². The van der Waals surface area contributed by atoms with Gasteiger partial charge in [0.2, 0.25) is 10.0 Å². The molecule has 0 saturated carbocycles. The number of morpholine rings is 1. The minimum Gasteiger partial charge on any atom is -0.467 e. The normalized spacial score (nSPS) is 15.1. The maximum Gasteiger partial charge on any atom is 0.338 e. The third-order valence-electron chi connectivity index (χ3n) is 4.05. The first-order valence-electron chi connectivity index (χ1n) is 8.61. The van der Waals surface area contributed by atoms with Crippen LogP contribution in [0.15, 0.2) is 52.0 Å². The lowest BCUT2D eigenvalue weighted by atomic mass is 10.2. The highest BCUT2D eigenvalue weighted by Crippen LogP contribution is 2.18. The first-order valence-corrected chi connectivity index (χ1v) is 10.0. The van der Waals surface area contributed by atoms with E-state index in [2.05, 4.69) is 5.32 Å². The van der Waals surface area contributed by atoms with Crippen molar-refractivity contribution in [1.82, 2.24) is 9.62 Å². The molecule has 1 fully saturated rings. The van der Waals surface area contributed by atoms with E-state index in [1.807, 2.05) is 0 Å². The van der Waals surface area contributed by atoms with Crippen LogP contribution in [0.25, 0.3) is 0 Å². The van der Waals surface area contributed by atoms with Crippen molar-refractivity contribution in [2.45, 2.75) is 11.4 Å². The van der Waals surface area contributed by atoms with Crippen LogP contribution in [0.4, 0.5) is 0 Å². The summed E-state index contributed by atoms with van der Waals surface area (Å²) in [7, 11) is -3.73. The Morgan fingerprint density at radius 1 is 1.14 bits per heavy atom. The molecule has 1 amide bonds. The summed E-state index contributed by atoms with van der Waals surface area (Å²) in [5.74, 6) is -0.713. The highest BCUT2D eigenvalue weighted by Gasteiger charge is 2.27. The molecule has 9 nitrogen and oxygen atoms in total. The van der Waals surface area contributed by atoms with Gasteiger partial charge in [0, 0.05) is 13.1 Å². The zero-order valence-corrected chi connectivity index (χ0v) is 15.8. The number of esters is 1. The number of hydrogen-bond acceptors (Lipinski definition) is 7. The molecule has 0 spiro atoms. The molecule has 10 heteroatoms. The first-order chi connectivity index (χ1) is 13.5. The van der Waals surface area contributed by atoms with E-state index >= 15 is 0 Å². The number of hydrogen-bond donors (Lipinski definition) is 1. The Hall–Kier alpha value is -2.69. The van der Waals surface area contributed by atoms with Crippen molar-refractivity contribution >= 4 is 21.9 Å². The van der Waals surface area contributed by atoms with Crippen molar-refractivity contribution in [1.29, 1.82) is 0 Å². The van der Waals surface area contributed by atoms with Gasteiger partial charge in [-0.2, -0.15) is 4.31 Å². The molecule has 0 unspecified atom stereocenters. The molecule has 0 bridgehead atoms. The number of rotatable bonds is 7. The van der Waals surface area contributed by atoms with Crippen LogP contribution in [0.2, 0.25) is 0 Å². The van der Waals surface area contributed by atoms with Gasteiger partial charge in [-0.25, -0.2) is 13.2 Å². The highest BCUT2D eigenvalue weighted by molar-refractivity contribution is 7.89. The summed E-state index contributed by atoms with van der Waals surface area (Å²) in [6, 6.07) is 8.94. The Morgan fingerprint density at radius 2 is 1.93 bits per heavy atom. The lowest BCUT2D eigenvalue weighted by Crippen LogP contribution is -2.40. The number of sulfonamides is 1. The van der Waals surface area contributed by atoms with E-state index in [4.69, 9.17) is 13.9 Å². The van der Waals surface area contributed by atoms with Gasteiger partial charge in [0.15, 0.2) is 6.61 Å². The summed E-state index contributed by atoms with van der Waals surface area (Å²) in [6.07, 6.45) is 1.49. The van der Waals surface area contributed by atoms with Gasteiger partial charge in [0.1, 0.15) is 5.76 Å². The average Bonchev–Trinajstić information content (AvgIpc) is 3.25. The number of ether oxygens (including phenoxy) is 2. The van der Waals surface area contributed by atoms with Gasteiger partial charge in [-0.05, 0) is 30.3 Å². The predicted octanol–water partition coefficient (Wildman–Crippen LogP) is 0.774. The Balaban J connectivity index is 1.58. The molecule has 0 radical (unpaired) electrons. The van der Waals surface area contributed by atoms with Crippen molar-refractivity contribution in [3.63, 3.8) is 0 Å². The Labute approximate surface area is 162 Å². The molecule has 150 valence electrons. The van der Waals surface area contributed by atoms with E-state index in [9.17, 15) is 18.0 Å². The van der Waals surface area contributed by atoms with Crippen molar-refractivity contribution < 1.29 is 31.9 Å². The van der Waals surface area contributed by atoms with Crippen LogP contribution in [0.5, 0.6) is 0 Å². The van der Waals surface area contributed by atoms with E-state index < -0.39 is 28.5 Å². The van der Waals surface area contributed by atoms with Crippen LogP contribution < -0.4 is 5.32 Å². The third kappa shape index (κ3) is 4.97. The number of amides is 1. The van der Waals surface area contributed by atoms with Crippen LogP contribution in [0.3, 0.4) is 0 Å². The van der Waals surface area contributed by atoms with E-state index in [1.165, 1.54) is 34.8 Å². The molecule has 0 aliphatic carbocycles. The summed E-state index contributed by atoms with van der Waals surface area (Å²) >= 11 is 0. The van der Waals surface area contributed by atoms with Gasteiger partial charge < -0.3 is 19.2 Å². The SMILES string of the molecule is O=C(COC(=O)c1cccc(S(=O)(=O)N2CCOCC2)c1)NCc1ccco1. The van der Waals surface area contributed by atoms with Crippen LogP contribution in [0.1, 0.15) is 16.1 Å². The lowest BCUT2D eigenvalue weighted by molar-refractivity contribution is -0.124. The molecular formula is C18H20N2O7S. The maximum atomic E-state index is 12.7. The molecule has 1 aromatic carbocycles. The molecule has 1 aliphatic rings. The number of nitrogens with zero attached hydrogens (tertiary/aromatic N) is 1. The smallest absolute Gasteiger partial charge is 0.338 e. The van der Waals surface area contributed by atoms with E-state index in [0.717, 1.165) is 0 Å². The maximum absolute atomic E-state index is 12.7. The second-order valence-electron chi connectivity index (χ2n) is 5.98. The molecule has 3 rings (SSSR count). The largest absolute Gasteiger partial charge is 0.467 e. The quantitative estimate of drug-likeness (QED) is 0.673. The van der Waals surface area contributed by atoms with Gasteiger partial charge >= 0.3 is 5.97 Å². The monoisotopic (exact) mass is 408 g/mol. The van der Waals surface area contributed by atoms with E-state index in [1.54, 1.807) is 12.1 Å². The van der Waals surface area contributed by atoms with Crippen LogP contribution in [0, 0.1) is 0 Å². The molecule has 2 aromatic rings. The van der Waals surface area contributed by atoms with Gasteiger partial charge in [-0.1, -0.05) is 6.07 Å². The summed E-state index contributed by atoms with van der Waals surface area (Å²) in [5.41, 5.74) is 0.0492. The minimum atomic E-state index is -3.73. The summed E-state index contributed by atoms with van der Waals surface area (Å²) in [6.45, 7) is 0.860. The summed E-state index contributed by atoms with van der Waals surface area (Å²) < 4.78 is 41.9. The average molecular weight is 408 g/mol. The zero-order valence-electron chi connectivity index (χ0n) is 15.0. The van der Waals surface area contributed by atoms with Crippen LogP contribution >= 0.6 is 0 Å². The predicted molar refractivity (Wildman–Crippen MR) is 96.9 cm³/mol.